The lowest BCUT2D eigenvalue weighted by Crippen LogP contribution is -2.45. The smallest absolute Gasteiger partial charge is 0.162 e. The Morgan fingerprint density at radius 3 is 2.64 bits per heavy atom. The first kappa shape index (κ1) is 17.9. The molecule has 0 N–H and O–H groups in total. The summed E-state index contributed by atoms with van der Waals surface area (Å²) in [7, 11) is 0. The van der Waals surface area contributed by atoms with Gasteiger partial charge in [-0.2, -0.15) is 0 Å². The molecule has 6 heteroatoms. The van der Waals surface area contributed by atoms with Crippen molar-refractivity contribution in [3.63, 3.8) is 0 Å². The van der Waals surface area contributed by atoms with Gasteiger partial charge in [-0.05, 0) is 36.2 Å². The number of fused-ring (bicyclic) bond motifs is 1. The van der Waals surface area contributed by atoms with Crippen LogP contribution < -0.4 is 4.74 Å². The molecule has 0 aliphatic carbocycles. The number of benzene rings is 1. The summed E-state index contributed by atoms with van der Waals surface area (Å²) in [6.45, 7) is 9.11. The molecule has 2 aliphatic heterocycles. The van der Waals surface area contributed by atoms with Gasteiger partial charge in [-0.15, -0.1) is 11.3 Å². The van der Waals surface area contributed by atoms with Crippen LogP contribution in [0.1, 0.15) is 22.6 Å². The lowest BCUT2D eigenvalue weighted by molar-refractivity contribution is 0.121. The van der Waals surface area contributed by atoms with Crippen molar-refractivity contribution in [2.45, 2.75) is 26.4 Å². The Labute approximate surface area is 169 Å². The van der Waals surface area contributed by atoms with Crippen LogP contribution in [-0.4, -0.2) is 47.6 Å². The molecule has 0 amide bonds. The summed E-state index contributed by atoms with van der Waals surface area (Å²) in [5, 5.41) is 3.13. The van der Waals surface area contributed by atoms with Crippen molar-refractivity contribution >= 4 is 11.3 Å². The molecule has 0 atom stereocenters. The predicted molar refractivity (Wildman–Crippen MR) is 111 cm³/mol. The van der Waals surface area contributed by atoms with E-state index in [4.69, 9.17) is 14.1 Å². The number of piperazine rings is 1. The molecule has 0 radical (unpaired) electrons. The van der Waals surface area contributed by atoms with Crippen LogP contribution in [0.2, 0.25) is 0 Å². The number of hydrogen-bond donors (Lipinski definition) is 0. The van der Waals surface area contributed by atoms with Gasteiger partial charge in [0.1, 0.15) is 11.5 Å². The topological polar surface area (TPSA) is 41.7 Å². The fourth-order valence-corrected chi connectivity index (χ4v) is 4.74. The molecule has 2 aromatic heterocycles. The Kier molecular flexibility index (Phi) is 4.93. The van der Waals surface area contributed by atoms with Crippen molar-refractivity contribution in [2.75, 3.05) is 32.8 Å². The Balaban J connectivity index is 1.14. The van der Waals surface area contributed by atoms with Crippen LogP contribution in [-0.2, 0) is 19.5 Å². The standard InChI is InChI=1S/C22H25N3O2S/c1-16-2-4-21(27-16)22-23-19(15-28-22)14-25-9-7-24(8-10-25)13-17-3-5-20-18(12-17)6-11-26-20/h2-5,12,15H,6-11,13-14H2,1H3. The van der Waals surface area contributed by atoms with Crippen LogP contribution in [0.3, 0.4) is 0 Å². The van der Waals surface area contributed by atoms with E-state index in [1.165, 1.54) is 11.1 Å². The molecule has 1 fully saturated rings. The molecule has 2 aliphatic rings. The number of nitrogens with zero attached hydrogens (tertiary/aromatic N) is 3. The Bertz CT molecular complexity index is 956. The Morgan fingerprint density at radius 1 is 1.04 bits per heavy atom. The number of aromatic nitrogens is 1. The zero-order chi connectivity index (χ0) is 18.9. The summed E-state index contributed by atoms with van der Waals surface area (Å²) < 4.78 is 11.3. The Morgan fingerprint density at radius 2 is 1.86 bits per heavy atom. The highest BCUT2D eigenvalue weighted by Crippen LogP contribution is 2.27. The Hall–Kier alpha value is -2.15. The van der Waals surface area contributed by atoms with Gasteiger partial charge < -0.3 is 9.15 Å². The quantitative estimate of drug-likeness (QED) is 0.654. The second kappa shape index (κ2) is 7.70. The summed E-state index contributed by atoms with van der Waals surface area (Å²) in [5.74, 6) is 2.87. The molecule has 0 bridgehead atoms. The van der Waals surface area contributed by atoms with Gasteiger partial charge in [-0.25, -0.2) is 4.98 Å². The van der Waals surface area contributed by atoms with Gasteiger partial charge in [0.25, 0.3) is 0 Å². The summed E-state index contributed by atoms with van der Waals surface area (Å²) in [4.78, 5) is 9.81. The third kappa shape index (κ3) is 3.85. The molecular weight excluding hydrogens is 370 g/mol. The summed E-state index contributed by atoms with van der Waals surface area (Å²) in [5.41, 5.74) is 3.90. The van der Waals surface area contributed by atoms with E-state index in [2.05, 4.69) is 33.4 Å². The molecular formula is C22H25N3O2S. The van der Waals surface area contributed by atoms with E-state index in [-0.39, 0.29) is 0 Å². The van der Waals surface area contributed by atoms with E-state index < -0.39 is 0 Å². The first-order valence-electron chi connectivity index (χ1n) is 9.93. The normalized spacial score (nSPS) is 17.6. The van der Waals surface area contributed by atoms with Gasteiger partial charge >= 0.3 is 0 Å². The molecule has 5 rings (SSSR count). The van der Waals surface area contributed by atoms with E-state index in [9.17, 15) is 0 Å². The fourth-order valence-electron chi connectivity index (χ4n) is 3.97. The molecule has 4 heterocycles. The molecule has 146 valence electrons. The minimum Gasteiger partial charge on any atom is -0.493 e. The summed E-state index contributed by atoms with van der Waals surface area (Å²) in [6, 6.07) is 10.7. The first-order valence-corrected chi connectivity index (χ1v) is 10.8. The van der Waals surface area contributed by atoms with E-state index >= 15 is 0 Å². The second-order valence-electron chi connectivity index (χ2n) is 7.65. The average molecular weight is 396 g/mol. The number of aryl methyl sites for hydroxylation is 1. The molecule has 1 saturated heterocycles. The van der Waals surface area contributed by atoms with Crippen LogP contribution in [0, 0.1) is 6.92 Å². The zero-order valence-electron chi connectivity index (χ0n) is 16.2. The monoisotopic (exact) mass is 395 g/mol. The molecule has 28 heavy (non-hydrogen) atoms. The average Bonchev–Trinajstić information content (AvgIpc) is 3.44. The third-order valence-corrected chi connectivity index (χ3v) is 6.42. The number of thiazole rings is 1. The SMILES string of the molecule is Cc1ccc(-c2nc(CN3CCN(Cc4ccc5c(c4)CCO5)CC3)cs2)o1. The number of rotatable bonds is 5. The van der Waals surface area contributed by atoms with Crippen molar-refractivity contribution < 1.29 is 9.15 Å². The highest BCUT2D eigenvalue weighted by atomic mass is 32.1. The predicted octanol–water partition coefficient (Wildman–Crippen LogP) is 3.96. The second-order valence-corrected chi connectivity index (χ2v) is 8.51. The van der Waals surface area contributed by atoms with Gasteiger partial charge in [0.2, 0.25) is 0 Å². The van der Waals surface area contributed by atoms with E-state index in [0.717, 1.165) is 80.3 Å². The zero-order valence-corrected chi connectivity index (χ0v) is 17.0. The maximum Gasteiger partial charge on any atom is 0.162 e. The van der Waals surface area contributed by atoms with Gasteiger partial charge in [-0.1, -0.05) is 12.1 Å². The molecule has 0 unspecified atom stereocenters. The minimum absolute atomic E-state index is 0.829. The highest BCUT2D eigenvalue weighted by molar-refractivity contribution is 7.13. The van der Waals surface area contributed by atoms with E-state index in [1.807, 2.05) is 19.1 Å². The molecule has 0 saturated carbocycles. The van der Waals surface area contributed by atoms with Crippen LogP contribution in [0.25, 0.3) is 10.8 Å². The number of ether oxygens (including phenoxy) is 1. The fraction of sp³-hybridized carbons (Fsp3) is 0.409. The van der Waals surface area contributed by atoms with E-state index in [1.54, 1.807) is 11.3 Å². The van der Waals surface area contributed by atoms with Crippen molar-refractivity contribution in [3.05, 3.63) is 58.3 Å². The number of furan rings is 1. The van der Waals surface area contributed by atoms with Crippen LogP contribution in [0.4, 0.5) is 0 Å². The van der Waals surface area contributed by atoms with Crippen LogP contribution in [0.5, 0.6) is 5.75 Å². The van der Waals surface area contributed by atoms with Crippen molar-refractivity contribution in [2.24, 2.45) is 0 Å². The van der Waals surface area contributed by atoms with Crippen LogP contribution >= 0.6 is 11.3 Å². The lowest BCUT2D eigenvalue weighted by atomic mass is 10.1. The number of hydrogen-bond acceptors (Lipinski definition) is 6. The van der Waals surface area contributed by atoms with Gasteiger partial charge in [0.05, 0.1) is 12.3 Å². The van der Waals surface area contributed by atoms with Crippen LogP contribution in [0.15, 0.2) is 40.1 Å². The van der Waals surface area contributed by atoms with Gasteiger partial charge in [0.15, 0.2) is 10.8 Å². The van der Waals surface area contributed by atoms with Gasteiger partial charge in [0, 0.05) is 51.1 Å². The van der Waals surface area contributed by atoms with E-state index in [0.29, 0.717) is 0 Å². The molecule has 1 aromatic carbocycles. The highest BCUT2D eigenvalue weighted by Gasteiger charge is 2.19. The minimum atomic E-state index is 0.829. The lowest BCUT2D eigenvalue weighted by Gasteiger charge is -2.34. The first-order chi connectivity index (χ1) is 13.7. The molecule has 0 spiro atoms. The summed E-state index contributed by atoms with van der Waals surface area (Å²) >= 11 is 1.66. The maximum atomic E-state index is 5.69. The van der Waals surface area contributed by atoms with Gasteiger partial charge in [-0.3, -0.25) is 9.80 Å². The third-order valence-electron chi connectivity index (χ3n) is 5.51. The molecule has 3 aromatic rings. The summed E-state index contributed by atoms with van der Waals surface area (Å²) in [6.07, 6.45) is 1.05. The maximum absolute atomic E-state index is 5.69. The van der Waals surface area contributed by atoms with Crippen molar-refractivity contribution in [1.29, 1.82) is 0 Å². The van der Waals surface area contributed by atoms with Crippen molar-refractivity contribution in [3.8, 4) is 16.5 Å². The molecule has 5 nitrogen and oxygen atoms in total. The van der Waals surface area contributed by atoms with Crippen molar-refractivity contribution in [1.82, 2.24) is 14.8 Å². The largest absolute Gasteiger partial charge is 0.493 e.